The second kappa shape index (κ2) is 7.02. The summed E-state index contributed by atoms with van der Waals surface area (Å²) < 4.78 is 13.2. The van der Waals surface area contributed by atoms with Crippen molar-refractivity contribution in [2.45, 2.75) is 51.2 Å². The van der Waals surface area contributed by atoms with Crippen LogP contribution in [0.15, 0.2) is 18.2 Å². The zero-order valence-electron chi connectivity index (χ0n) is 12.5. The van der Waals surface area contributed by atoms with Crippen LogP contribution in [-0.4, -0.2) is 17.3 Å². The number of nitrogens with one attached hydrogen (secondary N) is 1. The van der Waals surface area contributed by atoms with Gasteiger partial charge in [-0.25, -0.2) is 4.39 Å². The Morgan fingerprint density at radius 3 is 2.76 bits per heavy atom. The van der Waals surface area contributed by atoms with Crippen molar-refractivity contribution in [3.63, 3.8) is 0 Å². The number of benzene rings is 1. The fourth-order valence-electron chi connectivity index (χ4n) is 3.01. The van der Waals surface area contributed by atoms with Gasteiger partial charge in [0.2, 0.25) is 0 Å². The van der Waals surface area contributed by atoms with E-state index >= 15 is 0 Å². The summed E-state index contributed by atoms with van der Waals surface area (Å²) in [6.07, 6.45) is 5.04. The molecule has 1 aliphatic carbocycles. The third-order valence-electron chi connectivity index (χ3n) is 4.55. The highest BCUT2D eigenvalue weighted by atomic mass is 19.1. The molecule has 1 aliphatic rings. The van der Waals surface area contributed by atoms with Gasteiger partial charge in [-0.05, 0) is 49.3 Å². The Hall–Kier alpha value is -1.44. The van der Waals surface area contributed by atoms with Crippen LogP contribution in [0.5, 0.6) is 0 Å². The molecule has 0 bridgehead atoms. The third kappa shape index (κ3) is 4.26. The van der Waals surface area contributed by atoms with E-state index in [-0.39, 0.29) is 5.56 Å². The van der Waals surface area contributed by atoms with E-state index in [4.69, 9.17) is 5.26 Å². The molecule has 1 aromatic carbocycles. The first-order valence-electron chi connectivity index (χ1n) is 7.68. The Labute approximate surface area is 125 Å². The second-order valence-electron chi connectivity index (χ2n) is 6.11. The summed E-state index contributed by atoms with van der Waals surface area (Å²) in [7, 11) is 0. The van der Waals surface area contributed by atoms with Gasteiger partial charge in [0.15, 0.2) is 0 Å². The molecular weight excluding hydrogens is 267 g/mol. The summed E-state index contributed by atoms with van der Waals surface area (Å²) in [6.45, 7) is 3.28. The summed E-state index contributed by atoms with van der Waals surface area (Å²) in [6, 6.07) is 6.38. The summed E-state index contributed by atoms with van der Waals surface area (Å²) in [5.74, 6) is 0.262. The molecule has 0 aromatic heterocycles. The molecule has 0 atom stereocenters. The molecule has 0 aliphatic heterocycles. The smallest absolute Gasteiger partial charge is 0.140 e. The van der Waals surface area contributed by atoms with Crippen LogP contribution in [0.3, 0.4) is 0 Å². The molecule has 1 fully saturated rings. The third-order valence-corrected chi connectivity index (χ3v) is 4.55. The van der Waals surface area contributed by atoms with Crippen molar-refractivity contribution in [2.24, 2.45) is 5.92 Å². The van der Waals surface area contributed by atoms with Crippen LogP contribution < -0.4 is 5.32 Å². The number of nitriles is 1. The van der Waals surface area contributed by atoms with Crippen molar-refractivity contribution in [3.05, 3.63) is 35.1 Å². The Morgan fingerprint density at radius 1 is 1.43 bits per heavy atom. The van der Waals surface area contributed by atoms with Crippen molar-refractivity contribution in [1.29, 1.82) is 5.26 Å². The zero-order chi connectivity index (χ0) is 15.3. The lowest BCUT2D eigenvalue weighted by Crippen LogP contribution is -2.43. The monoisotopic (exact) mass is 290 g/mol. The Bertz CT molecular complexity index is 516. The summed E-state index contributed by atoms with van der Waals surface area (Å²) >= 11 is 0. The minimum absolute atomic E-state index is 0.0662. The topological polar surface area (TPSA) is 56.0 Å². The number of halogens is 1. The first-order chi connectivity index (χ1) is 10.1. The van der Waals surface area contributed by atoms with Crippen LogP contribution in [0, 0.1) is 23.1 Å². The number of hydrogen-bond donors (Lipinski definition) is 2. The van der Waals surface area contributed by atoms with Crippen LogP contribution >= 0.6 is 0 Å². The molecule has 0 saturated heterocycles. The zero-order valence-corrected chi connectivity index (χ0v) is 12.5. The van der Waals surface area contributed by atoms with Gasteiger partial charge in [-0.3, -0.25) is 0 Å². The number of rotatable bonds is 5. The predicted octanol–water partition coefficient (Wildman–Crippen LogP) is 3.12. The Balaban J connectivity index is 1.83. The van der Waals surface area contributed by atoms with E-state index in [0.29, 0.717) is 13.1 Å². The largest absolute Gasteiger partial charge is 0.389 e. The molecule has 0 unspecified atom stereocenters. The molecule has 21 heavy (non-hydrogen) atoms. The molecule has 2 rings (SSSR count). The number of hydrogen-bond acceptors (Lipinski definition) is 3. The second-order valence-corrected chi connectivity index (χ2v) is 6.11. The molecule has 1 aromatic rings. The summed E-state index contributed by atoms with van der Waals surface area (Å²) in [5.41, 5.74) is 0.305. The average Bonchev–Trinajstić information content (AvgIpc) is 2.49. The van der Waals surface area contributed by atoms with Crippen LogP contribution in [0.2, 0.25) is 0 Å². The molecule has 0 amide bonds. The Kier molecular flexibility index (Phi) is 5.33. The molecule has 3 nitrogen and oxygen atoms in total. The van der Waals surface area contributed by atoms with Gasteiger partial charge >= 0.3 is 0 Å². The maximum Gasteiger partial charge on any atom is 0.140 e. The first kappa shape index (κ1) is 15.9. The van der Waals surface area contributed by atoms with Crippen LogP contribution in [0.1, 0.15) is 50.2 Å². The predicted molar refractivity (Wildman–Crippen MR) is 80.0 cm³/mol. The van der Waals surface area contributed by atoms with Gasteiger partial charge in [-0.1, -0.05) is 19.4 Å². The number of aliphatic hydroxyl groups is 1. The molecule has 0 spiro atoms. The van der Waals surface area contributed by atoms with E-state index in [0.717, 1.165) is 37.2 Å². The van der Waals surface area contributed by atoms with Crippen molar-refractivity contribution in [3.8, 4) is 6.07 Å². The average molecular weight is 290 g/mol. The maximum atomic E-state index is 13.2. The van der Waals surface area contributed by atoms with Gasteiger partial charge in [0.25, 0.3) is 0 Å². The quantitative estimate of drug-likeness (QED) is 0.876. The van der Waals surface area contributed by atoms with Crippen molar-refractivity contribution in [1.82, 2.24) is 5.32 Å². The van der Waals surface area contributed by atoms with E-state index in [9.17, 15) is 9.50 Å². The Morgan fingerprint density at radius 2 is 2.14 bits per heavy atom. The SMILES string of the molecule is CCC1CCC(O)(CNCc2ccc(F)c(C#N)c2)CC1. The van der Waals surface area contributed by atoms with Crippen LogP contribution in [-0.2, 0) is 6.54 Å². The van der Waals surface area contributed by atoms with Crippen LogP contribution in [0.4, 0.5) is 4.39 Å². The standard InChI is InChI=1S/C17H23FN2O/c1-2-13-5-7-17(21,8-6-13)12-20-11-14-3-4-16(18)15(9-14)10-19/h3-4,9,13,20-21H,2,5-8,11-12H2,1H3. The lowest BCUT2D eigenvalue weighted by molar-refractivity contribution is -0.00881. The van der Waals surface area contributed by atoms with Crippen molar-refractivity contribution in [2.75, 3.05) is 6.54 Å². The molecule has 114 valence electrons. The highest BCUT2D eigenvalue weighted by Gasteiger charge is 2.32. The van der Waals surface area contributed by atoms with Gasteiger partial charge in [0.1, 0.15) is 11.9 Å². The summed E-state index contributed by atoms with van der Waals surface area (Å²) in [4.78, 5) is 0. The number of nitrogens with zero attached hydrogens (tertiary/aromatic N) is 1. The van der Waals surface area contributed by atoms with Crippen molar-refractivity contribution < 1.29 is 9.50 Å². The van der Waals surface area contributed by atoms with Gasteiger partial charge in [0, 0.05) is 13.1 Å². The van der Waals surface area contributed by atoms with E-state index in [1.165, 1.54) is 12.5 Å². The maximum absolute atomic E-state index is 13.2. The van der Waals surface area contributed by atoms with Crippen LogP contribution in [0.25, 0.3) is 0 Å². The van der Waals surface area contributed by atoms with E-state index in [1.807, 2.05) is 6.07 Å². The fourth-order valence-corrected chi connectivity index (χ4v) is 3.01. The lowest BCUT2D eigenvalue weighted by atomic mass is 9.78. The normalized spacial score (nSPS) is 25.5. The molecule has 2 N–H and O–H groups in total. The molecule has 0 heterocycles. The highest BCUT2D eigenvalue weighted by molar-refractivity contribution is 5.34. The first-order valence-corrected chi connectivity index (χ1v) is 7.68. The highest BCUT2D eigenvalue weighted by Crippen LogP contribution is 2.33. The van der Waals surface area contributed by atoms with Gasteiger partial charge < -0.3 is 10.4 Å². The minimum Gasteiger partial charge on any atom is -0.389 e. The fraction of sp³-hybridized carbons (Fsp3) is 0.588. The molecule has 0 radical (unpaired) electrons. The minimum atomic E-state index is -0.621. The molecule has 4 heteroatoms. The lowest BCUT2D eigenvalue weighted by Gasteiger charge is -2.36. The van der Waals surface area contributed by atoms with Gasteiger partial charge in [-0.15, -0.1) is 0 Å². The molecular formula is C17H23FN2O. The van der Waals surface area contributed by atoms with E-state index in [2.05, 4.69) is 12.2 Å². The van der Waals surface area contributed by atoms with E-state index in [1.54, 1.807) is 12.1 Å². The van der Waals surface area contributed by atoms with Gasteiger partial charge in [-0.2, -0.15) is 5.26 Å². The van der Waals surface area contributed by atoms with Gasteiger partial charge in [0.05, 0.1) is 11.2 Å². The van der Waals surface area contributed by atoms with Crippen molar-refractivity contribution >= 4 is 0 Å². The summed E-state index contributed by atoms with van der Waals surface area (Å²) in [5, 5.41) is 22.6. The van der Waals surface area contributed by atoms with E-state index < -0.39 is 11.4 Å². The molecule has 1 saturated carbocycles.